The Hall–Kier alpha value is -7.51. The maximum atomic E-state index is 8.88. The van der Waals surface area contributed by atoms with Gasteiger partial charge in [-0.2, -0.15) is 0 Å². The van der Waals surface area contributed by atoms with Crippen LogP contribution in [0.25, 0.3) is 0 Å². The first-order valence-electron chi connectivity index (χ1n) is 20.0. The summed E-state index contributed by atoms with van der Waals surface area (Å²) in [4.78, 5) is 28.3. The van der Waals surface area contributed by atoms with Crippen LogP contribution in [-0.4, -0.2) is 14.7 Å². The third kappa shape index (κ3) is 13.8. The third-order valence-corrected chi connectivity index (χ3v) is 9.13. The van der Waals surface area contributed by atoms with Gasteiger partial charge in [0, 0.05) is 51.2 Å². The van der Waals surface area contributed by atoms with Gasteiger partial charge in [0.15, 0.2) is 0 Å². The van der Waals surface area contributed by atoms with E-state index in [0.717, 1.165) is 0 Å². The smallest absolute Gasteiger partial charge is 0.311 e. The van der Waals surface area contributed by atoms with Crippen molar-refractivity contribution >= 4 is 59.0 Å². The number of para-hydroxylation sites is 9. The molecular formula is C54H48N3O4P. The largest absolute Gasteiger partial charge is 0.466 e. The van der Waals surface area contributed by atoms with Crippen molar-refractivity contribution in [1.29, 1.82) is 0 Å². The Morgan fingerprint density at radius 2 is 0.290 bits per heavy atom. The molecule has 0 aromatic heterocycles. The summed E-state index contributed by atoms with van der Waals surface area (Å²) in [6.07, 6.45) is 0. The molecule has 0 heterocycles. The molecule has 9 aromatic rings. The summed E-state index contributed by atoms with van der Waals surface area (Å²) < 4.78 is 8.88. The number of hydrogen-bond donors (Lipinski definition) is 3. The van der Waals surface area contributed by atoms with Crippen molar-refractivity contribution in [3.63, 3.8) is 0 Å². The van der Waals surface area contributed by atoms with E-state index in [1.807, 2.05) is 54.6 Å². The van der Waals surface area contributed by atoms with Gasteiger partial charge in [-0.1, -0.05) is 164 Å². The van der Waals surface area contributed by atoms with Gasteiger partial charge >= 0.3 is 7.82 Å². The molecule has 0 unspecified atom stereocenters. The van der Waals surface area contributed by atoms with Gasteiger partial charge in [-0.25, -0.2) is 4.57 Å². The maximum Gasteiger partial charge on any atom is 0.466 e. The van der Waals surface area contributed by atoms with E-state index in [1.165, 1.54) is 51.2 Å². The lowest BCUT2D eigenvalue weighted by Gasteiger charge is -2.25. The Balaban J connectivity index is 0.000000147. The monoisotopic (exact) mass is 833 g/mol. The molecule has 3 N–H and O–H groups in total. The minimum Gasteiger partial charge on any atom is -0.311 e. The third-order valence-electron chi connectivity index (χ3n) is 9.13. The van der Waals surface area contributed by atoms with Crippen LogP contribution in [0.15, 0.2) is 273 Å². The highest BCUT2D eigenvalue weighted by Crippen LogP contribution is 2.36. The summed E-state index contributed by atoms with van der Waals surface area (Å²) in [5, 5.41) is 0. The van der Waals surface area contributed by atoms with E-state index in [0.29, 0.717) is 0 Å². The predicted octanol–water partition coefficient (Wildman–Crippen LogP) is 14.5. The zero-order valence-corrected chi connectivity index (χ0v) is 34.9. The summed E-state index contributed by atoms with van der Waals surface area (Å²) in [5.41, 5.74) is 10.5. The van der Waals surface area contributed by atoms with Crippen LogP contribution in [-0.2, 0) is 4.57 Å². The molecule has 62 heavy (non-hydrogen) atoms. The molecule has 0 atom stereocenters. The number of hydrogen-bond acceptors (Lipinski definition) is 4. The molecule has 0 aliphatic carbocycles. The Kier molecular flexibility index (Phi) is 16.6. The number of phosphoric acid groups is 1. The summed E-state index contributed by atoms with van der Waals surface area (Å²) in [6.45, 7) is 0. The molecule has 0 saturated heterocycles. The quantitative estimate of drug-likeness (QED) is 0.125. The van der Waals surface area contributed by atoms with Crippen LogP contribution in [0.4, 0.5) is 51.2 Å². The Morgan fingerprint density at radius 1 is 0.210 bits per heavy atom. The predicted molar refractivity (Wildman–Crippen MR) is 258 cm³/mol. The van der Waals surface area contributed by atoms with E-state index in [4.69, 9.17) is 19.2 Å². The average molecular weight is 834 g/mol. The van der Waals surface area contributed by atoms with E-state index < -0.39 is 7.82 Å². The Morgan fingerprint density at radius 3 is 0.371 bits per heavy atom. The summed E-state index contributed by atoms with van der Waals surface area (Å²) in [6, 6.07) is 93.8. The average Bonchev–Trinajstić information content (AvgIpc) is 3.32. The van der Waals surface area contributed by atoms with Gasteiger partial charge in [0.2, 0.25) is 0 Å². The van der Waals surface area contributed by atoms with E-state index in [1.54, 1.807) is 0 Å². The molecule has 9 aromatic carbocycles. The van der Waals surface area contributed by atoms with Crippen molar-refractivity contribution in [2.24, 2.45) is 0 Å². The number of nitrogens with zero attached hydrogens (tertiary/aromatic N) is 3. The SMILES string of the molecule is O=P(O)(O)O.c1ccc(N(c2ccccc2)c2ccccc2)cc1.c1ccc(N(c2ccccc2)c2ccccc2)cc1.c1ccc(N(c2ccccc2)c2ccccc2)cc1. The summed E-state index contributed by atoms with van der Waals surface area (Å²) >= 11 is 0. The van der Waals surface area contributed by atoms with Crippen LogP contribution < -0.4 is 14.7 Å². The fourth-order valence-electron chi connectivity index (χ4n) is 6.54. The summed E-state index contributed by atoms with van der Waals surface area (Å²) in [7, 11) is -4.64. The van der Waals surface area contributed by atoms with Gasteiger partial charge in [-0.15, -0.1) is 0 Å². The van der Waals surface area contributed by atoms with Crippen LogP contribution in [0.2, 0.25) is 0 Å². The molecular weight excluding hydrogens is 786 g/mol. The van der Waals surface area contributed by atoms with Gasteiger partial charge in [-0.05, 0) is 109 Å². The number of anilines is 9. The minimum absolute atomic E-state index is 1.17. The van der Waals surface area contributed by atoms with E-state index in [2.05, 4.69) is 233 Å². The lowest BCUT2D eigenvalue weighted by Crippen LogP contribution is -2.09. The fraction of sp³-hybridized carbons (Fsp3) is 0. The first kappa shape index (κ1) is 44.1. The fourth-order valence-corrected chi connectivity index (χ4v) is 6.54. The molecule has 9 rings (SSSR count). The van der Waals surface area contributed by atoms with Crippen LogP contribution >= 0.6 is 7.82 Å². The van der Waals surface area contributed by atoms with Crippen LogP contribution in [0.1, 0.15) is 0 Å². The van der Waals surface area contributed by atoms with E-state index >= 15 is 0 Å². The van der Waals surface area contributed by atoms with Gasteiger partial charge in [0.25, 0.3) is 0 Å². The Labute approximate surface area is 364 Å². The minimum atomic E-state index is -4.64. The Bertz CT molecular complexity index is 2040. The molecule has 8 heteroatoms. The molecule has 0 fully saturated rings. The lowest BCUT2D eigenvalue weighted by atomic mass is 10.2. The van der Waals surface area contributed by atoms with Gasteiger partial charge in [0.1, 0.15) is 0 Å². The second-order valence-electron chi connectivity index (χ2n) is 13.5. The maximum absolute atomic E-state index is 8.88. The topological polar surface area (TPSA) is 87.5 Å². The standard InChI is InChI=1S/3C18H15N.H3O4P/c3*1-4-10-16(11-5-1)19(17-12-6-2-7-13-17)18-14-8-3-9-15-18;1-5(2,3)4/h3*1-15H;(H3,1,2,3,4). The van der Waals surface area contributed by atoms with E-state index in [9.17, 15) is 0 Å². The van der Waals surface area contributed by atoms with Crippen molar-refractivity contribution in [3.05, 3.63) is 273 Å². The number of rotatable bonds is 9. The normalized spacial score (nSPS) is 10.2. The van der Waals surface area contributed by atoms with Gasteiger partial charge in [-0.3, -0.25) is 0 Å². The number of benzene rings is 9. The first-order valence-corrected chi connectivity index (χ1v) is 21.6. The highest BCUT2D eigenvalue weighted by atomic mass is 31.2. The molecule has 0 aliphatic rings. The second-order valence-corrected chi connectivity index (χ2v) is 14.6. The molecule has 7 nitrogen and oxygen atoms in total. The van der Waals surface area contributed by atoms with Crippen LogP contribution in [0.3, 0.4) is 0 Å². The van der Waals surface area contributed by atoms with Crippen molar-refractivity contribution in [2.45, 2.75) is 0 Å². The zero-order chi connectivity index (χ0) is 43.2. The van der Waals surface area contributed by atoms with E-state index in [-0.39, 0.29) is 0 Å². The van der Waals surface area contributed by atoms with Crippen molar-refractivity contribution in [2.75, 3.05) is 14.7 Å². The van der Waals surface area contributed by atoms with Crippen LogP contribution in [0.5, 0.6) is 0 Å². The molecule has 0 radical (unpaired) electrons. The molecule has 0 aliphatic heterocycles. The highest BCUT2D eigenvalue weighted by molar-refractivity contribution is 7.45. The lowest BCUT2D eigenvalue weighted by molar-refractivity contribution is 0.275. The zero-order valence-electron chi connectivity index (χ0n) is 34.0. The van der Waals surface area contributed by atoms with Crippen molar-refractivity contribution < 1.29 is 19.2 Å². The molecule has 0 spiro atoms. The molecule has 0 saturated carbocycles. The first-order chi connectivity index (χ1) is 30.3. The van der Waals surface area contributed by atoms with Gasteiger partial charge in [0.05, 0.1) is 0 Å². The molecule has 308 valence electrons. The summed E-state index contributed by atoms with van der Waals surface area (Å²) in [5.74, 6) is 0. The van der Waals surface area contributed by atoms with Crippen LogP contribution in [0, 0.1) is 0 Å². The molecule has 0 bridgehead atoms. The second kappa shape index (κ2) is 23.3. The van der Waals surface area contributed by atoms with Crippen molar-refractivity contribution in [3.8, 4) is 0 Å². The molecule has 0 amide bonds. The van der Waals surface area contributed by atoms with Crippen molar-refractivity contribution in [1.82, 2.24) is 0 Å². The van der Waals surface area contributed by atoms with Gasteiger partial charge < -0.3 is 29.4 Å². The highest BCUT2D eigenvalue weighted by Gasteiger charge is 2.13.